The molecule has 1 aromatic heterocycles. The Bertz CT molecular complexity index is 1270. The van der Waals surface area contributed by atoms with E-state index in [9.17, 15) is 13.2 Å². The predicted octanol–water partition coefficient (Wildman–Crippen LogP) is 3.09. The van der Waals surface area contributed by atoms with Crippen LogP contribution in [0.4, 0.5) is 5.13 Å². The molecule has 1 aliphatic heterocycles. The van der Waals surface area contributed by atoms with Crippen molar-refractivity contribution in [3.05, 3.63) is 47.3 Å². The highest BCUT2D eigenvalue weighted by Gasteiger charge is 2.24. The van der Waals surface area contributed by atoms with Gasteiger partial charge in [-0.05, 0) is 36.4 Å². The van der Waals surface area contributed by atoms with Crippen molar-refractivity contribution in [2.24, 2.45) is 0 Å². The number of nitrogens with zero attached hydrogens (tertiary/aromatic N) is 2. The largest absolute Gasteiger partial charge is 0.495 e. The summed E-state index contributed by atoms with van der Waals surface area (Å²) in [6.07, 6.45) is 0. The third kappa shape index (κ3) is 4.27. The van der Waals surface area contributed by atoms with Crippen molar-refractivity contribution >= 4 is 32.4 Å². The molecule has 1 amide bonds. The highest BCUT2D eigenvalue weighted by Crippen LogP contribution is 2.35. The minimum atomic E-state index is -3.79. The van der Waals surface area contributed by atoms with Crippen LogP contribution in [-0.2, 0) is 10.0 Å². The van der Waals surface area contributed by atoms with Gasteiger partial charge in [0, 0.05) is 30.6 Å². The number of carbonyl (C=O) groups is 1. The van der Waals surface area contributed by atoms with Crippen molar-refractivity contribution in [3.63, 3.8) is 0 Å². The van der Waals surface area contributed by atoms with Crippen molar-refractivity contribution in [2.75, 3.05) is 39.7 Å². The van der Waals surface area contributed by atoms with Gasteiger partial charge in [-0.25, -0.2) is 17.7 Å². The molecular formula is C21H21N3O6S2. The topological polar surface area (TPSA) is 107 Å². The zero-order valence-electron chi connectivity index (χ0n) is 17.6. The van der Waals surface area contributed by atoms with E-state index >= 15 is 0 Å². The number of hydrogen-bond acceptors (Lipinski definition) is 8. The standard InChI is InChI=1S/C21H21N3O6S2/c1-24(2)32(26,27)19-11-14(5-7-17(19)28-3)20(25)23-21-22-15(12-31-21)13-4-6-16-18(10-13)30-9-8-29-16/h4-7,10-12H,8-9H2,1-3H3,(H,22,23,25). The third-order valence-corrected chi connectivity index (χ3v) is 7.34. The normalized spacial score (nSPS) is 13.1. The van der Waals surface area contributed by atoms with E-state index < -0.39 is 15.9 Å². The quantitative estimate of drug-likeness (QED) is 0.584. The molecule has 1 aliphatic rings. The molecule has 0 atom stereocenters. The van der Waals surface area contributed by atoms with Crippen LogP contribution in [0.1, 0.15) is 10.4 Å². The molecule has 3 aromatic rings. The number of ether oxygens (including phenoxy) is 3. The fourth-order valence-corrected chi connectivity index (χ4v) is 4.84. The molecule has 4 rings (SSSR count). The Morgan fingerprint density at radius 2 is 1.88 bits per heavy atom. The highest BCUT2D eigenvalue weighted by molar-refractivity contribution is 7.89. The summed E-state index contributed by atoms with van der Waals surface area (Å²) in [5.41, 5.74) is 1.67. The average Bonchev–Trinajstić information content (AvgIpc) is 3.26. The number of rotatable bonds is 6. The molecule has 32 heavy (non-hydrogen) atoms. The lowest BCUT2D eigenvalue weighted by Crippen LogP contribution is -2.23. The maximum atomic E-state index is 12.8. The van der Waals surface area contributed by atoms with Crippen LogP contribution in [-0.4, -0.2) is 58.0 Å². The van der Waals surface area contributed by atoms with E-state index in [-0.39, 0.29) is 16.2 Å². The molecule has 0 radical (unpaired) electrons. The first-order valence-electron chi connectivity index (χ1n) is 9.57. The van der Waals surface area contributed by atoms with Crippen molar-refractivity contribution in [1.82, 2.24) is 9.29 Å². The Kier molecular flexibility index (Phi) is 6.04. The zero-order chi connectivity index (χ0) is 22.9. The van der Waals surface area contributed by atoms with Crippen LogP contribution in [0.3, 0.4) is 0 Å². The second-order valence-corrected chi connectivity index (χ2v) is 9.98. The minimum Gasteiger partial charge on any atom is -0.495 e. The van der Waals surface area contributed by atoms with Crippen molar-refractivity contribution < 1.29 is 27.4 Å². The molecule has 11 heteroatoms. The number of nitrogens with one attached hydrogen (secondary N) is 1. The van der Waals surface area contributed by atoms with Gasteiger partial charge in [-0.2, -0.15) is 0 Å². The van der Waals surface area contributed by atoms with E-state index in [1.807, 2.05) is 23.6 Å². The molecular weight excluding hydrogens is 454 g/mol. The average molecular weight is 476 g/mol. The minimum absolute atomic E-state index is 0.0891. The van der Waals surface area contributed by atoms with Crippen molar-refractivity contribution in [3.8, 4) is 28.5 Å². The number of anilines is 1. The van der Waals surface area contributed by atoms with Gasteiger partial charge in [0.05, 0.1) is 12.8 Å². The molecule has 0 saturated carbocycles. The number of hydrogen-bond donors (Lipinski definition) is 1. The predicted molar refractivity (Wildman–Crippen MR) is 120 cm³/mol. The van der Waals surface area contributed by atoms with Gasteiger partial charge in [-0.1, -0.05) is 0 Å². The lowest BCUT2D eigenvalue weighted by molar-refractivity contribution is 0.102. The Hall–Kier alpha value is -3.15. The van der Waals surface area contributed by atoms with E-state index in [2.05, 4.69) is 10.3 Å². The van der Waals surface area contributed by atoms with Crippen LogP contribution in [0.15, 0.2) is 46.7 Å². The summed E-state index contributed by atoms with van der Waals surface area (Å²) in [5, 5.41) is 4.92. The zero-order valence-corrected chi connectivity index (χ0v) is 19.2. The maximum absolute atomic E-state index is 12.8. The summed E-state index contributed by atoms with van der Waals surface area (Å²) in [6, 6.07) is 9.78. The van der Waals surface area contributed by atoms with Gasteiger partial charge in [0.2, 0.25) is 10.0 Å². The molecule has 0 unspecified atom stereocenters. The van der Waals surface area contributed by atoms with Crippen LogP contribution < -0.4 is 19.5 Å². The first kappa shape index (κ1) is 22.1. The van der Waals surface area contributed by atoms with Crippen molar-refractivity contribution in [1.29, 1.82) is 0 Å². The number of sulfonamides is 1. The smallest absolute Gasteiger partial charge is 0.257 e. The Labute approximate surface area is 189 Å². The van der Waals surface area contributed by atoms with Crippen LogP contribution in [0.2, 0.25) is 0 Å². The summed E-state index contributed by atoms with van der Waals surface area (Å²) in [6.45, 7) is 1.00. The Morgan fingerprint density at radius 1 is 1.12 bits per heavy atom. The monoisotopic (exact) mass is 475 g/mol. The number of benzene rings is 2. The molecule has 0 spiro atoms. The lowest BCUT2D eigenvalue weighted by Gasteiger charge is -2.18. The van der Waals surface area contributed by atoms with Crippen LogP contribution in [0, 0.1) is 0 Å². The Morgan fingerprint density at radius 3 is 2.59 bits per heavy atom. The summed E-state index contributed by atoms with van der Waals surface area (Å²) in [7, 11) is 0.405. The van der Waals surface area contributed by atoms with E-state index in [0.717, 1.165) is 9.87 Å². The van der Waals surface area contributed by atoms with Crippen LogP contribution in [0.25, 0.3) is 11.3 Å². The number of aromatic nitrogens is 1. The number of amides is 1. The van der Waals surface area contributed by atoms with Crippen LogP contribution in [0.5, 0.6) is 17.2 Å². The lowest BCUT2D eigenvalue weighted by atomic mass is 10.1. The van der Waals surface area contributed by atoms with Crippen molar-refractivity contribution in [2.45, 2.75) is 4.90 Å². The molecule has 0 bridgehead atoms. The van der Waals surface area contributed by atoms with E-state index in [0.29, 0.717) is 35.5 Å². The summed E-state index contributed by atoms with van der Waals surface area (Å²) in [5.74, 6) is 1.02. The SMILES string of the molecule is COc1ccc(C(=O)Nc2nc(-c3ccc4c(c3)OCCO4)cs2)cc1S(=O)(=O)N(C)C. The number of carbonyl (C=O) groups excluding carboxylic acids is 1. The number of fused-ring (bicyclic) bond motifs is 1. The van der Waals surface area contributed by atoms with E-state index in [1.54, 1.807) is 0 Å². The molecule has 2 aromatic carbocycles. The fourth-order valence-electron chi connectivity index (χ4n) is 3.05. The molecule has 9 nitrogen and oxygen atoms in total. The molecule has 168 valence electrons. The van der Waals surface area contributed by atoms with Gasteiger partial charge in [0.15, 0.2) is 16.6 Å². The van der Waals surface area contributed by atoms with Gasteiger partial charge in [0.1, 0.15) is 23.9 Å². The van der Waals surface area contributed by atoms with Gasteiger partial charge < -0.3 is 14.2 Å². The molecule has 0 aliphatic carbocycles. The van der Waals surface area contributed by atoms with Crippen LogP contribution >= 0.6 is 11.3 Å². The van der Waals surface area contributed by atoms with E-state index in [1.165, 1.54) is 50.7 Å². The third-order valence-electron chi connectivity index (χ3n) is 4.75. The first-order valence-corrected chi connectivity index (χ1v) is 11.9. The first-order chi connectivity index (χ1) is 15.3. The molecule has 0 saturated heterocycles. The number of thiazole rings is 1. The summed E-state index contributed by atoms with van der Waals surface area (Å²) in [4.78, 5) is 17.1. The van der Waals surface area contributed by atoms with E-state index in [4.69, 9.17) is 14.2 Å². The van der Waals surface area contributed by atoms with Gasteiger partial charge >= 0.3 is 0 Å². The Balaban J connectivity index is 1.56. The van der Waals surface area contributed by atoms with Gasteiger partial charge in [0.25, 0.3) is 5.91 Å². The second kappa shape index (κ2) is 8.77. The summed E-state index contributed by atoms with van der Waals surface area (Å²) < 4.78 is 42.5. The fraction of sp³-hybridized carbons (Fsp3) is 0.238. The molecule has 0 fully saturated rings. The molecule has 2 heterocycles. The van der Waals surface area contributed by atoms with Gasteiger partial charge in [-0.3, -0.25) is 10.1 Å². The second-order valence-electron chi connectivity index (χ2n) is 7.00. The maximum Gasteiger partial charge on any atom is 0.257 e. The molecule has 1 N–H and O–H groups in total. The summed E-state index contributed by atoms with van der Waals surface area (Å²) >= 11 is 1.26. The van der Waals surface area contributed by atoms with Gasteiger partial charge in [-0.15, -0.1) is 11.3 Å². The number of methoxy groups -OCH3 is 1. The highest BCUT2D eigenvalue weighted by atomic mass is 32.2.